The number of ether oxygens (including phenoxy) is 1. The van der Waals surface area contributed by atoms with E-state index in [9.17, 15) is 9.18 Å². The quantitative estimate of drug-likeness (QED) is 0.510. The summed E-state index contributed by atoms with van der Waals surface area (Å²) < 4.78 is 18.5. The lowest BCUT2D eigenvalue weighted by molar-refractivity contribution is 0.0526. The number of esters is 1. The molecule has 0 aliphatic rings. The molecule has 0 amide bonds. The third kappa shape index (κ3) is 3.86. The van der Waals surface area contributed by atoms with E-state index in [0.29, 0.717) is 15.7 Å². The number of carbonyl (C=O) groups excluding carboxylic acids is 1. The summed E-state index contributed by atoms with van der Waals surface area (Å²) in [6.07, 6.45) is 1.30. The van der Waals surface area contributed by atoms with Gasteiger partial charge < -0.3 is 10.5 Å². The van der Waals surface area contributed by atoms with Crippen LogP contribution in [0, 0.1) is 5.82 Å². The van der Waals surface area contributed by atoms with Crippen LogP contribution in [0.25, 0.3) is 0 Å². The Bertz CT molecular complexity index is 680. The molecule has 1 aromatic carbocycles. The average molecular weight is 342 g/mol. The van der Waals surface area contributed by atoms with Gasteiger partial charge in [0.25, 0.3) is 0 Å². The van der Waals surface area contributed by atoms with Gasteiger partial charge in [-0.25, -0.2) is 19.2 Å². The Morgan fingerprint density at radius 2 is 2.27 bits per heavy atom. The van der Waals surface area contributed by atoms with E-state index < -0.39 is 11.8 Å². The lowest BCUT2D eigenvalue weighted by atomic mass is 10.2. The second kappa shape index (κ2) is 7.42. The fourth-order valence-electron chi connectivity index (χ4n) is 1.62. The smallest absolute Gasteiger partial charge is 0.343 e. The summed E-state index contributed by atoms with van der Waals surface area (Å²) >= 11 is 7.12. The van der Waals surface area contributed by atoms with E-state index in [2.05, 4.69) is 9.97 Å². The highest BCUT2D eigenvalue weighted by Gasteiger charge is 2.14. The first-order valence-corrected chi connectivity index (χ1v) is 7.74. The Balaban J connectivity index is 2.11. The van der Waals surface area contributed by atoms with Gasteiger partial charge in [0, 0.05) is 22.5 Å². The van der Waals surface area contributed by atoms with Crippen molar-refractivity contribution >= 4 is 35.1 Å². The number of aromatic nitrogens is 2. The van der Waals surface area contributed by atoms with Gasteiger partial charge in [-0.05, 0) is 19.1 Å². The third-order valence-electron chi connectivity index (χ3n) is 2.70. The number of rotatable bonds is 5. The molecule has 0 aliphatic carbocycles. The zero-order valence-electron chi connectivity index (χ0n) is 11.7. The van der Waals surface area contributed by atoms with Crippen molar-refractivity contribution in [1.82, 2.24) is 9.97 Å². The van der Waals surface area contributed by atoms with Crippen LogP contribution in [-0.2, 0) is 10.5 Å². The molecule has 0 aliphatic heterocycles. The molecular formula is C14H13ClFN3O2S. The van der Waals surface area contributed by atoms with E-state index in [1.807, 2.05) is 0 Å². The Kier molecular flexibility index (Phi) is 5.57. The van der Waals surface area contributed by atoms with Crippen LogP contribution >= 0.6 is 23.4 Å². The van der Waals surface area contributed by atoms with Crippen LogP contribution in [0.15, 0.2) is 29.6 Å². The highest BCUT2D eigenvalue weighted by Crippen LogP contribution is 2.27. The SMILES string of the molecule is CCOC(=O)c1cnc(SCc2c(F)cccc2Cl)nc1N. The number of nitrogens with zero attached hydrogens (tertiary/aromatic N) is 2. The van der Waals surface area contributed by atoms with Crippen molar-refractivity contribution in [1.29, 1.82) is 0 Å². The Morgan fingerprint density at radius 3 is 2.91 bits per heavy atom. The first-order valence-electron chi connectivity index (χ1n) is 6.38. The summed E-state index contributed by atoms with van der Waals surface area (Å²) in [6.45, 7) is 1.93. The van der Waals surface area contributed by atoms with Gasteiger partial charge in [0.2, 0.25) is 0 Å². The maximum Gasteiger partial charge on any atom is 0.343 e. The molecule has 2 aromatic rings. The number of carbonyl (C=O) groups is 1. The van der Waals surface area contributed by atoms with Crippen molar-refractivity contribution in [2.45, 2.75) is 17.8 Å². The molecule has 0 atom stereocenters. The molecule has 0 unspecified atom stereocenters. The van der Waals surface area contributed by atoms with Gasteiger partial charge in [0.05, 0.1) is 6.61 Å². The van der Waals surface area contributed by atoms with E-state index in [1.165, 1.54) is 30.1 Å². The lowest BCUT2D eigenvalue weighted by Crippen LogP contribution is -2.10. The van der Waals surface area contributed by atoms with E-state index in [4.69, 9.17) is 22.1 Å². The number of nitrogen functional groups attached to an aromatic ring is 1. The van der Waals surface area contributed by atoms with E-state index in [-0.39, 0.29) is 23.7 Å². The second-order valence-corrected chi connectivity index (χ2v) is 5.51. The Labute approximate surface area is 136 Å². The molecule has 2 rings (SSSR count). The molecule has 0 saturated carbocycles. The molecule has 1 heterocycles. The number of nitrogens with two attached hydrogens (primary N) is 1. The first kappa shape index (κ1) is 16.5. The zero-order valence-corrected chi connectivity index (χ0v) is 13.2. The second-order valence-electron chi connectivity index (χ2n) is 4.16. The molecule has 116 valence electrons. The average Bonchev–Trinajstić information content (AvgIpc) is 2.47. The van der Waals surface area contributed by atoms with Crippen molar-refractivity contribution in [2.75, 3.05) is 12.3 Å². The van der Waals surface area contributed by atoms with Gasteiger partial charge >= 0.3 is 5.97 Å². The molecule has 0 bridgehead atoms. The predicted octanol–water partition coefficient (Wildman–Crippen LogP) is 3.32. The van der Waals surface area contributed by atoms with Crippen molar-refractivity contribution in [3.05, 3.63) is 46.4 Å². The fourth-order valence-corrected chi connectivity index (χ4v) is 2.79. The molecule has 0 saturated heterocycles. The summed E-state index contributed by atoms with van der Waals surface area (Å²) in [5, 5.41) is 0.661. The monoisotopic (exact) mass is 341 g/mol. The van der Waals surface area contributed by atoms with Gasteiger partial charge in [-0.1, -0.05) is 29.4 Å². The van der Waals surface area contributed by atoms with Crippen LogP contribution in [0.4, 0.5) is 10.2 Å². The maximum atomic E-state index is 13.7. The molecule has 2 N–H and O–H groups in total. The molecule has 22 heavy (non-hydrogen) atoms. The van der Waals surface area contributed by atoms with Crippen molar-refractivity contribution in [3.8, 4) is 0 Å². The molecule has 8 heteroatoms. The Morgan fingerprint density at radius 1 is 1.50 bits per heavy atom. The number of hydrogen-bond acceptors (Lipinski definition) is 6. The summed E-state index contributed by atoms with van der Waals surface area (Å²) in [5.74, 6) is -0.690. The van der Waals surface area contributed by atoms with Gasteiger partial charge in [0.1, 0.15) is 17.2 Å². The fraction of sp³-hybridized carbons (Fsp3) is 0.214. The summed E-state index contributed by atoms with van der Waals surface area (Å²) in [4.78, 5) is 19.6. The molecular weight excluding hydrogens is 329 g/mol. The van der Waals surface area contributed by atoms with Crippen molar-refractivity contribution < 1.29 is 13.9 Å². The topological polar surface area (TPSA) is 78.1 Å². The van der Waals surface area contributed by atoms with E-state index in [0.717, 1.165) is 0 Å². The first-order chi connectivity index (χ1) is 10.5. The summed E-state index contributed by atoms with van der Waals surface area (Å²) in [5.41, 5.74) is 6.19. The van der Waals surface area contributed by atoms with Gasteiger partial charge in [-0.15, -0.1) is 0 Å². The van der Waals surface area contributed by atoms with Crippen LogP contribution in [0.2, 0.25) is 5.02 Å². The van der Waals surface area contributed by atoms with Crippen LogP contribution in [0.1, 0.15) is 22.8 Å². The molecule has 0 radical (unpaired) electrons. The summed E-state index contributed by atoms with van der Waals surface area (Å²) in [7, 11) is 0. The van der Waals surface area contributed by atoms with Crippen LogP contribution in [0.3, 0.4) is 0 Å². The minimum atomic E-state index is -0.575. The molecule has 5 nitrogen and oxygen atoms in total. The molecule has 0 spiro atoms. The minimum absolute atomic E-state index is 0.0237. The standard InChI is InChI=1S/C14H13ClFN3O2S/c1-2-21-13(20)8-6-18-14(19-12(8)17)22-7-9-10(15)4-3-5-11(9)16/h3-6H,2,7H2,1H3,(H2,17,18,19). The van der Waals surface area contributed by atoms with Gasteiger partial charge in [-0.2, -0.15) is 0 Å². The van der Waals surface area contributed by atoms with Gasteiger partial charge in [-0.3, -0.25) is 0 Å². The van der Waals surface area contributed by atoms with Gasteiger partial charge in [0.15, 0.2) is 5.16 Å². The predicted molar refractivity (Wildman–Crippen MR) is 83.4 cm³/mol. The molecule has 1 aromatic heterocycles. The summed E-state index contributed by atoms with van der Waals surface area (Å²) in [6, 6.07) is 4.48. The highest BCUT2D eigenvalue weighted by atomic mass is 35.5. The molecule has 0 fully saturated rings. The zero-order chi connectivity index (χ0) is 16.1. The number of hydrogen-bond donors (Lipinski definition) is 1. The maximum absolute atomic E-state index is 13.7. The minimum Gasteiger partial charge on any atom is -0.462 e. The van der Waals surface area contributed by atoms with Crippen LogP contribution in [0.5, 0.6) is 0 Å². The van der Waals surface area contributed by atoms with Crippen molar-refractivity contribution in [3.63, 3.8) is 0 Å². The van der Waals surface area contributed by atoms with Crippen LogP contribution in [-0.4, -0.2) is 22.5 Å². The largest absolute Gasteiger partial charge is 0.462 e. The lowest BCUT2D eigenvalue weighted by Gasteiger charge is -2.07. The number of anilines is 1. The normalized spacial score (nSPS) is 10.5. The Hall–Kier alpha value is -1.86. The van der Waals surface area contributed by atoms with E-state index in [1.54, 1.807) is 13.0 Å². The number of thioether (sulfide) groups is 1. The number of benzene rings is 1. The third-order valence-corrected chi connectivity index (χ3v) is 3.94. The highest BCUT2D eigenvalue weighted by molar-refractivity contribution is 7.98. The number of halogens is 2. The van der Waals surface area contributed by atoms with Crippen LogP contribution < -0.4 is 5.73 Å². The van der Waals surface area contributed by atoms with E-state index >= 15 is 0 Å². The van der Waals surface area contributed by atoms with Crippen molar-refractivity contribution in [2.24, 2.45) is 0 Å².